The molecule has 3 aromatic rings. The summed E-state index contributed by atoms with van der Waals surface area (Å²) in [7, 11) is 0. The predicted octanol–water partition coefficient (Wildman–Crippen LogP) is 4.58. The van der Waals surface area contributed by atoms with Crippen molar-refractivity contribution in [3.63, 3.8) is 0 Å². The minimum Gasteiger partial charge on any atom is -0.481 e. The van der Waals surface area contributed by atoms with Gasteiger partial charge in [0.05, 0.1) is 27.4 Å². The highest BCUT2D eigenvalue weighted by Gasteiger charge is 2.26. The fraction of sp³-hybridized carbons (Fsp3) is 0.273. The molecule has 0 atom stereocenters. The lowest BCUT2D eigenvalue weighted by Crippen LogP contribution is -2.40. The first-order valence-corrected chi connectivity index (χ1v) is 12.1. The molecule has 1 fully saturated rings. The third-order valence-corrected chi connectivity index (χ3v) is 7.51. The molecular formula is C22H21ClN4O3S2. The van der Waals surface area contributed by atoms with Crippen molar-refractivity contribution >= 4 is 52.0 Å². The van der Waals surface area contributed by atoms with Crippen LogP contribution >= 0.6 is 34.3 Å². The van der Waals surface area contributed by atoms with Gasteiger partial charge in [-0.05, 0) is 25.0 Å². The smallest absolute Gasteiger partial charge is 0.306 e. The number of amidine groups is 1. The van der Waals surface area contributed by atoms with Crippen molar-refractivity contribution in [2.75, 3.05) is 13.1 Å². The second-order valence-electron chi connectivity index (χ2n) is 7.46. The van der Waals surface area contributed by atoms with Crippen LogP contribution in [-0.2, 0) is 11.3 Å². The molecule has 7 nitrogen and oxygen atoms in total. The molecule has 0 spiro atoms. The van der Waals surface area contributed by atoms with Gasteiger partial charge < -0.3 is 15.3 Å². The molecular weight excluding hydrogens is 468 g/mol. The number of benzene rings is 1. The fourth-order valence-corrected chi connectivity index (χ4v) is 5.30. The molecule has 0 aliphatic carbocycles. The number of amides is 1. The molecule has 2 aromatic heterocycles. The molecule has 0 unspecified atom stereocenters. The van der Waals surface area contributed by atoms with E-state index in [4.69, 9.17) is 22.1 Å². The highest BCUT2D eigenvalue weighted by molar-refractivity contribution is 7.18. The van der Waals surface area contributed by atoms with Gasteiger partial charge in [0, 0.05) is 29.6 Å². The van der Waals surface area contributed by atoms with E-state index in [-0.39, 0.29) is 11.8 Å². The average Bonchev–Trinajstić information content (AvgIpc) is 3.46. The molecule has 4 rings (SSSR count). The number of carboxylic acids is 1. The Balaban J connectivity index is 1.34. The fourth-order valence-electron chi connectivity index (χ4n) is 3.52. The molecule has 0 radical (unpaired) electrons. The van der Waals surface area contributed by atoms with Gasteiger partial charge in [0.2, 0.25) is 0 Å². The van der Waals surface area contributed by atoms with Crippen LogP contribution in [0.1, 0.15) is 33.8 Å². The summed E-state index contributed by atoms with van der Waals surface area (Å²) in [6, 6.07) is 11.0. The number of nitrogens with zero attached hydrogens (tertiary/aromatic N) is 2. The number of hydrogen-bond acceptors (Lipinski definition) is 6. The molecule has 166 valence electrons. The Morgan fingerprint density at radius 2 is 1.91 bits per heavy atom. The molecule has 1 aliphatic rings. The highest BCUT2D eigenvalue weighted by atomic mass is 35.5. The van der Waals surface area contributed by atoms with Gasteiger partial charge in [-0.1, -0.05) is 35.9 Å². The third-order valence-electron chi connectivity index (χ3n) is 5.34. The van der Waals surface area contributed by atoms with Crippen molar-refractivity contribution < 1.29 is 14.7 Å². The van der Waals surface area contributed by atoms with E-state index in [1.807, 2.05) is 34.5 Å². The molecule has 10 heteroatoms. The minimum absolute atomic E-state index is 0.174. The number of carboxylic acid groups (broad SMARTS) is 1. The maximum Gasteiger partial charge on any atom is 0.306 e. The number of hydrogen-bond donors (Lipinski definition) is 3. The van der Waals surface area contributed by atoms with Gasteiger partial charge in [0.1, 0.15) is 10.8 Å². The van der Waals surface area contributed by atoms with Crippen LogP contribution in [0.3, 0.4) is 0 Å². The maximum absolute atomic E-state index is 12.2. The lowest BCUT2D eigenvalue weighted by Gasteiger charge is -2.32. The van der Waals surface area contributed by atoms with Crippen molar-refractivity contribution in [2.45, 2.75) is 19.4 Å². The van der Waals surface area contributed by atoms with Gasteiger partial charge in [-0.25, -0.2) is 4.98 Å². The van der Waals surface area contributed by atoms with Gasteiger partial charge in [0.15, 0.2) is 0 Å². The Labute approximate surface area is 198 Å². The van der Waals surface area contributed by atoms with Crippen molar-refractivity contribution in [1.29, 1.82) is 5.41 Å². The lowest BCUT2D eigenvalue weighted by atomic mass is 9.96. The van der Waals surface area contributed by atoms with Crippen LogP contribution in [0.2, 0.25) is 4.34 Å². The van der Waals surface area contributed by atoms with E-state index in [0.717, 1.165) is 21.8 Å². The van der Waals surface area contributed by atoms with E-state index in [9.17, 15) is 9.59 Å². The summed E-state index contributed by atoms with van der Waals surface area (Å²) in [5.74, 6) is -0.824. The minimum atomic E-state index is -0.751. The summed E-state index contributed by atoms with van der Waals surface area (Å²) in [5.41, 5.74) is 2.51. The molecule has 1 saturated heterocycles. The van der Waals surface area contributed by atoms with E-state index < -0.39 is 5.97 Å². The third kappa shape index (κ3) is 5.17. The van der Waals surface area contributed by atoms with Crippen LogP contribution in [0.15, 0.2) is 41.8 Å². The molecule has 1 aliphatic heterocycles. The van der Waals surface area contributed by atoms with Gasteiger partial charge in [-0.15, -0.1) is 22.7 Å². The summed E-state index contributed by atoms with van der Waals surface area (Å²) < 4.78 is 0.576. The second-order valence-corrected chi connectivity index (χ2v) is 10.0. The van der Waals surface area contributed by atoms with Gasteiger partial charge >= 0.3 is 5.97 Å². The number of carbonyl (C=O) groups is 2. The number of piperidine rings is 1. The molecule has 1 aromatic carbocycles. The van der Waals surface area contributed by atoms with Crippen LogP contribution in [0.4, 0.5) is 0 Å². The lowest BCUT2D eigenvalue weighted by molar-refractivity contribution is -0.143. The van der Waals surface area contributed by atoms with E-state index in [1.165, 1.54) is 22.7 Å². The maximum atomic E-state index is 12.2. The largest absolute Gasteiger partial charge is 0.481 e. The average molecular weight is 489 g/mol. The number of halogens is 1. The van der Waals surface area contributed by atoms with Gasteiger partial charge in [0.25, 0.3) is 5.91 Å². The summed E-state index contributed by atoms with van der Waals surface area (Å²) in [5, 5.41) is 23.2. The van der Waals surface area contributed by atoms with E-state index >= 15 is 0 Å². The number of likely N-dealkylation sites (tertiary alicyclic amines) is 1. The van der Waals surface area contributed by atoms with Crippen molar-refractivity contribution in [2.24, 2.45) is 5.92 Å². The zero-order chi connectivity index (χ0) is 22.7. The van der Waals surface area contributed by atoms with Crippen LogP contribution in [0, 0.1) is 11.3 Å². The standard InChI is InChI=1S/C22H21ClN4O3S2/c23-18-6-5-17(32-18)20(28)25-11-16-12-31-21(26-16)14-3-1-13(2-4-14)19(24)27-9-7-15(8-10-27)22(29)30/h1-6,12,15,24H,7-11H2,(H,25,28)(H,29,30). The summed E-state index contributed by atoms with van der Waals surface area (Å²) in [4.78, 5) is 30.4. The number of thiazole rings is 1. The topological polar surface area (TPSA) is 106 Å². The monoisotopic (exact) mass is 488 g/mol. The highest BCUT2D eigenvalue weighted by Crippen LogP contribution is 2.26. The molecule has 3 heterocycles. The number of aromatic nitrogens is 1. The van der Waals surface area contributed by atoms with Crippen molar-refractivity contribution in [3.05, 3.63) is 62.2 Å². The van der Waals surface area contributed by atoms with Gasteiger partial charge in [-0.3, -0.25) is 15.0 Å². The first-order chi connectivity index (χ1) is 15.4. The van der Waals surface area contributed by atoms with Crippen LogP contribution in [-0.4, -0.2) is 45.8 Å². The Morgan fingerprint density at radius 3 is 2.53 bits per heavy atom. The zero-order valence-corrected chi connectivity index (χ0v) is 19.4. The number of thiophene rings is 1. The SMILES string of the molecule is N=C(c1ccc(-c2nc(CNC(=O)c3ccc(Cl)s3)cs2)cc1)N1CCC(C(=O)O)CC1. The first kappa shape index (κ1) is 22.4. The van der Waals surface area contributed by atoms with Crippen LogP contribution < -0.4 is 5.32 Å². The quantitative estimate of drug-likeness (QED) is 0.348. The zero-order valence-electron chi connectivity index (χ0n) is 17.0. The predicted molar refractivity (Wildman–Crippen MR) is 127 cm³/mol. The van der Waals surface area contributed by atoms with Crippen molar-refractivity contribution in [3.8, 4) is 10.6 Å². The van der Waals surface area contributed by atoms with E-state index in [0.29, 0.717) is 47.5 Å². The van der Waals surface area contributed by atoms with Gasteiger partial charge in [-0.2, -0.15) is 0 Å². The summed E-state index contributed by atoms with van der Waals surface area (Å²) >= 11 is 8.61. The first-order valence-electron chi connectivity index (χ1n) is 10.1. The molecule has 0 saturated carbocycles. The number of nitrogens with one attached hydrogen (secondary N) is 2. The molecule has 0 bridgehead atoms. The second kappa shape index (κ2) is 9.81. The van der Waals surface area contributed by atoms with Crippen molar-refractivity contribution in [1.82, 2.24) is 15.2 Å². The Hall–Kier alpha value is -2.75. The van der Waals surface area contributed by atoms with Crippen LogP contribution in [0.5, 0.6) is 0 Å². The van der Waals surface area contributed by atoms with Crippen LogP contribution in [0.25, 0.3) is 10.6 Å². The van der Waals surface area contributed by atoms with E-state index in [2.05, 4.69) is 10.3 Å². The summed E-state index contributed by atoms with van der Waals surface area (Å²) in [6.45, 7) is 1.49. The number of carbonyl (C=O) groups excluding carboxylic acids is 1. The normalized spacial score (nSPS) is 14.3. The summed E-state index contributed by atoms with van der Waals surface area (Å²) in [6.07, 6.45) is 1.13. The molecule has 32 heavy (non-hydrogen) atoms. The number of rotatable bonds is 6. The Bertz CT molecular complexity index is 1130. The van der Waals surface area contributed by atoms with E-state index in [1.54, 1.807) is 12.1 Å². The Morgan fingerprint density at radius 1 is 1.19 bits per heavy atom. The Kier molecular flexibility index (Phi) is 6.88. The molecule has 1 amide bonds. The molecule has 3 N–H and O–H groups in total. The number of aliphatic carboxylic acids is 1.